The molecule has 0 fully saturated rings. The molecule has 0 spiro atoms. The van der Waals surface area contributed by atoms with Gasteiger partial charge in [-0.3, -0.25) is 0 Å². The molecule has 2 aromatic heterocycles. The summed E-state index contributed by atoms with van der Waals surface area (Å²) in [6.07, 6.45) is 0. The molecule has 236 valence electrons. The van der Waals surface area contributed by atoms with Crippen LogP contribution in [0.15, 0.2) is 158 Å². The van der Waals surface area contributed by atoms with Gasteiger partial charge in [0.15, 0.2) is 17.5 Å². The van der Waals surface area contributed by atoms with Crippen LogP contribution in [0.2, 0.25) is 0 Å². The lowest BCUT2D eigenvalue weighted by molar-refractivity contribution is 0.661. The van der Waals surface area contributed by atoms with E-state index in [4.69, 9.17) is 15.0 Å². The Morgan fingerprint density at radius 1 is 0.420 bits per heavy atom. The molecule has 9 aromatic rings. The highest BCUT2D eigenvalue weighted by atomic mass is 15.0. The molecular weight excluding hydrogens is 609 g/mol. The van der Waals surface area contributed by atoms with Crippen molar-refractivity contribution in [2.45, 2.75) is 19.3 Å². The molecule has 0 bridgehead atoms. The largest absolute Gasteiger partial charge is 0.309 e. The first-order chi connectivity index (χ1) is 24.5. The highest BCUT2D eigenvalue weighted by Gasteiger charge is 2.36. The van der Waals surface area contributed by atoms with E-state index in [2.05, 4.69) is 115 Å². The smallest absolute Gasteiger partial charge is 0.164 e. The molecule has 0 N–H and O–H groups in total. The number of nitrogens with zero attached hydrogens (tertiary/aromatic N) is 4. The van der Waals surface area contributed by atoms with Crippen molar-refractivity contribution in [3.63, 3.8) is 0 Å². The van der Waals surface area contributed by atoms with E-state index in [9.17, 15) is 0 Å². The predicted octanol–water partition coefficient (Wildman–Crippen LogP) is 11.4. The SMILES string of the molecule is CC1(C)c2ccccc2-c2cc3c(cc21)c1cc2ccccc2cc1n3-c1ccc(-c2nc(-c3ccccc3)nc(-c3ccccc3)n2)cc1. The van der Waals surface area contributed by atoms with Gasteiger partial charge < -0.3 is 4.57 Å². The molecule has 1 aliphatic carbocycles. The molecule has 0 radical (unpaired) electrons. The average Bonchev–Trinajstić information content (AvgIpc) is 3.60. The van der Waals surface area contributed by atoms with Crippen molar-refractivity contribution in [1.29, 1.82) is 0 Å². The number of hydrogen-bond donors (Lipinski definition) is 0. The van der Waals surface area contributed by atoms with Gasteiger partial charge in [0.1, 0.15) is 0 Å². The van der Waals surface area contributed by atoms with Gasteiger partial charge in [-0.15, -0.1) is 0 Å². The van der Waals surface area contributed by atoms with Crippen molar-refractivity contribution in [1.82, 2.24) is 19.5 Å². The third kappa shape index (κ3) is 4.35. The van der Waals surface area contributed by atoms with E-state index in [0.29, 0.717) is 17.5 Å². The molecular formula is C46H32N4. The molecule has 4 heteroatoms. The van der Waals surface area contributed by atoms with Gasteiger partial charge in [-0.2, -0.15) is 0 Å². The molecule has 7 aromatic carbocycles. The Kier molecular flexibility index (Phi) is 6.19. The maximum atomic E-state index is 4.97. The predicted molar refractivity (Wildman–Crippen MR) is 206 cm³/mol. The molecule has 0 unspecified atom stereocenters. The summed E-state index contributed by atoms with van der Waals surface area (Å²) in [6, 6.07) is 56.0. The maximum absolute atomic E-state index is 4.97. The van der Waals surface area contributed by atoms with Gasteiger partial charge in [0.05, 0.1) is 11.0 Å². The van der Waals surface area contributed by atoms with Crippen LogP contribution in [0.3, 0.4) is 0 Å². The second kappa shape index (κ2) is 10.8. The fourth-order valence-corrected chi connectivity index (χ4v) is 7.87. The maximum Gasteiger partial charge on any atom is 0.164 e. The van der Waals surface area contributed by atoms with Gasteiger partial charge in [-0.05, 0) is 81.6 Å². The minimum absolute atomic E-state index is 0.0746. The first-order valence-electron chi connectivity index (χ1n) is 17.1. The summed E-state index contributed by atoms with van der Waals surface area (Å²) in [5, 5.41) is 5.00. The van der Waals surface area contributed by atoms with Crippen LogP contribution < -0.4 is 0 Å². The first kappa shape index (κ1) is 28.6. The van der Waals surface area contributed by atoms with E-state index in [1.54, 1.807) is 0 Å². The van der Waals surface area contributed by atoms with Crippen molar-refractivity contribution >= 4 is 32.6 Å². The monoisotopic (exact) mass is 640 g/mol. The van der Waals surface area contributed by atoms with E-state index in [-0.39, 0.29) is 5.41 Å². The number of fused-ring (bicyclic) bond motifs is 7. The topological polar surface area (TPSA) is 43.6 Å². The molecule has 4 nitrogen and oxygen atoms in total. The van der Waals surface area contributed by atoms with E-state index in [1.807, 2.05) is 60.7 Å². The lowest BCUT2D eigenvalue weighted by Gasteiger charge is -2.21. The van der Waals surface area contributed by atoms with Gasteiger partial charge in [0, 0.05) is 38.6 Å². The second-order valence-electron chi connectivity index (χ2n) is 13.7. The summed E-state index contributed by atoms with van der Waals surface area (Å²) in [7, 11) is 0. The summed E-state index contributed by atoms with van der Waals surface area (Å²) in [5.74, 6) is 1.96. The summed E-state index contributed by atoms with van der Waals surface area (Å²) in [4.78, 5) is 14.8. The van der Waals surface area contributed by atoms with Crippen molar-refractivity contribution < 1.29 is 0 Å². The van der Waals surface area contributed by atoms with Gasteiger partial charge in [0.2, 0.25) is 0 Å². The number of hydrogen-bond acceptors (Lipinski definition) is 3. The van der Waals surface area contributed by atoms with E-state index in [1.165, 1.54) is 54.8 Å². The van der Waals surface area contributed by atoms with Crippen LogP contribution in [0, 0.1) is 0 Å². The fourth-order valence-electron chi connectivity index (χ4n) is 7.87. The van der Waals surface area contributed by atoms with Crippen LogP contribution in [0.4, 0.5) is 0 Å². The summed E-state index contributed by atoms with van der Waals surface area (Å²) in [5.41, 5.74) is 11.7. The van der Waals surface area contributed by atoms with E-state index in [0.717, 1.165) is 22.4 Å². The van der Waals surface area contributed by atoms with E-state index < -0.39 is 0 Å². The Morgan fingerprint density at radius 3 is 1.56 bits per heavy atom. The third-order valence-corrected chi connectivity index (χ3v) is 10.4. The summed E-state index contributed by atoms with van der Waals surface area (Å²) >= 11 is 0. The Morgan fingerprint density at radius 2 is 0.920 bits per heavy atom. The molecule has 0 saturated carbocycles. The fraction of sp³-hybridized carbons (Fsp3) is 0.0652. The molecule has 2 heterocycles. The zero-order valence-corrected chi connectivity index (χ0v) is 27.8. The minimum atomic E-state index is -0.0746. The third-order valence-electron chi connectivity index (χ3n) is 10.4. The second-order valence-corrected chi connectivity index (χ2v) is 13.7. The highest BCUT2D eigenvalue weighted by molar-refractivity contribution is 6.15. The number of aromatic nitrogens is 4. The lowest BCUT2D eigenvalue weighted by Crippen LogP contribution is -2.14. The Bertz CT molecular complexity index is 2700. The number of benzene rings is 7. The van der Waals surface area contributed by atoms with Gasteiger partial charge in [-0.25, -0.2) is 15.0 Å². The molecule has 0 aliphatic heterocycles. The molecule has 50 heavy (non-hydrogen) atoms. The normalized spacial score (nSPS) is 13.2. The summed E-state index contributed by atoms with van der Waals surface area (Å²) < 4.78 is 2.42. The van der Waals surface area contributed by atoms with Gasteiger partial charge >= 0.3 is 0 Å². The molecule has 0 atom stereocenters. The standard InChI is InChI=1S/C46H32N4/c1-46(2)39-20-12-11-19-35(39)36-28-42-38(27-40(36)46)37-25-32-17-9-10-18-33(32)26-41(37)50(42)34-23-21-31(22-24-34)45-48-43(29-13-5-3-6-14-29)47-44(49-45)30-15-7-4-8-16-30/h3-28H,1-2H3. The lowest BCUT2D eigenvalue weighted by atomic mass is 9.82. The average molecular weight is 641 g/mol. The van der Waals surface area contributed by atoms with Crippen LogP contribution in [0.1, 0.15) is 25.0 Å². The van der Waals surface area contributed by atoms with Crippen LogP contribution >= 0.6 is 0 Å². The van der Waals surface area contributed by atoms with Crippen molar-refractivity contribution in [3.05, 3.63) is 169 Å². The van der Waals surface area contributed by atoms with E-state index >= 15 is 0 Å². The van der Waals surface area contributed by atoms with Crippen LogP contribution in [-0.2, 0) is 5.41 Å². The van der Waals surface area contributed by atoms with Gasteiger partial charge in [-0.1, -0.05) is 123 Å². The first-order valence-corrected chi connectivity index (χ1v) is 17.1. The molecule has 1 aliphatic rings. The zero-order chi connectivity index (χ0) is 33.4. The molecule has 0 amide bonds. The van der Waals surface area contributed by atoms with Crippen LogP contribution in [0.5, 0.6) is 0 Å². The van der Waals surface area contributed by atoms with Crippen molar-refractivity contribution in [2.75, 3.05) is 0 Å². The summed E-state index contributed by atoms with van der Waals surface area (Å²) in [6.45, 7) is 4.70. The van der Waals surface area contributed by atoms with Crippen molar-refractivity contribution in [2.24, 2.45) is 0 Å². The van der Waals surface area contributed by atoms with Crippen LogP contribution in [-0.4, -0.2) is 19.5 Å². The van der Waals surface area contributed by atoms with Crippen LogP contribution in [0.25, 0.3) is 83.6 Å². The van der Waals surface area contributed by atoms with Gasteiger partial charge in [0.25, 0.3) is 0 Å². The highest BCUT2D eigenvalue weighted by Crippen LogP contribution is 2.51. The molecule has 10 rings (SSSR count). The Labute approximate surface area is 290 Å². The minimum Gasteiger partial charge on any atom is -0.309 e. The number of rotatable bonds is 4. The van der Waals surface area contributed by atoms with Crippen molar-refractivity contribution in [3.8, 4) is 51.0 Å². The molecule has 0 saturated heterocycles. The Balaban J connectivity index is 1.18. The Hall–Kier alpha value is -6.39. The zero-order valence-electron chi connectivity index (χ0n) is 27.8. The quantitative estimate of drug-likeness (QED) is 0.192.